The first-order chi connectivity index (χ1) is 8.75. The molecule has 5 heteroatoms. The summed E-state index contributed by atoms with van der Waals surface area (Å²) in [5.41, 5.74) is 6.66. The Hall–Kier alpha value is -1.30. The van der Waals surface area contributed by atoms with Crippen molar-refractivity contribution in [3.05, 3.63) is 23.8 Å². The minimum Gasteiger partial charge on any atom is -0.493 e. The lowest BCUT2D eigenvalue weighted by molar-refractivity contribution is -0.269. The van der Waals surface area contributed by atoms with Gasteiger partial charge in [-0.3, -0.25) is 0 Å². The Morgan fingerprint density at radius 2 is 1.83 bits per heavy atom. The second-order valence-electron chi connectivity index (χ2n) is 4.08. The fourth-order valence-electron chi connectivity index (χ4n) is 2.05. The number of benzene rings is 1. The Morgan fingerprint density at radius 1 is 1.17 bits per heavy atom. The van der Waals surface area contributed by atoms with Gasteiger partial charge in [0.15, 0.2) is 11.5 Å². The summed E-state index contributed by atoms with van der Waals surface area (Å²) in [6.07, 6.45) is 0.884. The van der Waals surface area contributed by atoms with E-state index in [2.05, 4.69) is 0 Å². The third-order valence-electron chi connectivity index (χ3n) is 3.05. The van der Waals surface area contributed by atoms with Gasteiger partial charge in [-0.1, -0.05) is 0 Å². The molecule has 1 fully saturated rings. The molecule has 0 aliphatic carbocycles. The van der Waals surface area contributed by atoms with E-state index in [1.807, 2.05) is 18.2 Å². The molecule has 0 unspecified atom stereocenters. The van der Waals surface area contributed by atoms with Gasteiger partial charge in [-0.15, -0.1) is 0 Å². The van der Waals surface area contributed by atoms with E-state index in [-0.39, 0.29) is 6.54 Å². The Labute approximate surface area is 107 Å². The van der Waals surface area contributed by atoms with Gasteiger partial charge in [0.05, 0.1) is 34.0 Å². The van der Waals surface area contributed by atoms with Crippen molar-refractivity contribution in [2.24, 2.45) is 5.73 Å². The van der Waals surface area contributed by atoms with Crippen molar-refractivity contribution in [1.82, 2.24) is 0 Å². The van der Waals surface area contributed by atoms with Crippen molar-refractivity contribution in [3.63, 3.8) is 0 Å². The van der Waals surface area contributed by atoms with Crippen LogP contribution in [-0.2, 0) is 15.3 Å². The molecule has 0 aromatic heterocycles. The summed E-state index contributed by atoms with van der Waals surface area (Å²) in [7, 11) is 3.20. The monoisotopic (exact) mass is 253 g/mol. The number of methoxy groups -OCH3 is 2. The number of hydrogen-bond donors (Lipinski definition) is 1. The lowest BCUT2D eigenvalue weighted by Gasteiger charge is -2.36. The zero-order valence-corrected chi connectivity index (χ0v) is 10.8. The lowest BCUT2D eigenvalue weighted by atomic mass is 10.0. The van der Waals surface area contributed by atoms with E-state index >= 15 is 0 Å². The molecule has 1 aromatic carbocycles. The number of rotatable bonds is 4. The highest BCUT2D eigenvalue weighted by Crippen LogP contribution is 2.35. The van der Waals surface area contributed by atoms with Gasteiger partial charge in [0, 0.05) is 5.56 Å². The second kappa shape index (κ2) is 5.56. The van der Waals surface area contributed by atoms with Crippen LogP contribution in [0.4, 0.5) is 0 Å². The fraction of sp³-hybridized carbons (Fsp3) is 0.538. The summed E-state index contributed by atoms with van der Waals surface area (Å²) in [6.45, 7) is 1.56. The molecule has 1 aliphatic rings. The topological polar surface area (TPSA) is 62.9 Å². The highest BCUT2D eigenvalue weighted by Gasteiger charge is 2.36. The van der Waals surface area contributed by atoms with Gasteiger partial charge in [-0.2, -0.15) is 0 Å². The van der Waals surface area contributed by atoms with Gasteiger partial charge in [0.2, 0.25) is 5.79 Å². The smallest absolute Gasteiger partial charge is 0.207 e. The van der Waals surface area contributed by atoms with E-state index in [1.165, 1.54) is 0 Å². The zero-order chi connectivity index (χ0) is 13.0. The predicted octanol–water partition coefficient (Wildman–Crippen LogP) is 1.25. The maximum Gasteiger partial charge on any atom is 0.207 e. The molecule has 2 rings (SSSR count). The summed E-state index contributed by atoms with van der Waals surface area (Å²) in [4.78, 5) is 0. The van der Waals surface area contributed by atoms with Crippen molar-refractivity contribution in [1.29, 1.82) is 0 Å². The van der Waals surface area contributed by atoms with Crippen molar-refractivity contribution in [2.45, 2.75) is 12.2 Å². The van der Waals surface area contributed by atoms with Crippen molar-refractivity contribution in [3.8, 4) is 11.5 Å². The van der Waals surface area contributed by atoms with Crippen LogP contribution in [0.5, 0.6) is 11.5 Å². The van der Waals surface area contributed by atoms with E-state index in [0.29, 0.717) is 24.7 Å². The van der Waals surface area contributed by atoms with Crippen LogP contribution >= 0.6 is 0 Å². The Morgan fingerprint density at radius 3 is 2.39 bits per heavy atom. The first-order valence-corrected chi connectivity index (χ1v) is 5.96. The van der Waals surface area contributed by atoms with Crippen LogP contribution in [0.25, 0.3) is 0 Å². The largest absolute Gasteiger partial charge is 0.493 e. The van der Waals surface area contributed by atoms with Gasteiger partial charge in [-0.05, 0) is 24.6 Å². The van der Waals surface area contributed by atoms with Crippen LogP contribution in [0.15, 0.2) is 18.2 Å². The molecule has 0 bridgehead atoms. The summed E-state index contributed by atoms with van der Waals surface area (Å²) in [5, 5.41) is 0. The average molecular weight is 253 g/mol. The summed E-state index contributed by atoms with van der Waals surface area (Å²) >= 11 is 0. The minimum atomic E-state index is -0.863. The van der Waals surface area contributed by atoms with Gasteiger partial charge >= 0.3 is 0 Å². The van der Waals surface area contributed by atoms with Crippen LogP contribution in [0.2, 0.25) is 0 Å². The Kier molecular flexibility index (Phi) is 4.06. The maximum atomic E-state index is 5.81. The molecule has 18 heavy (non-hydrogen) atoms. The van der Waals surface area contributed by atoms with Crippen LogP contribution in [0.3, 0.4) is 0 Å². The molecule has 1 aromatic rings. The van der Waals surface area contributed by atoms with E-state index in [1.54, 1.807) is 14.2 Å². The number of nitrogens with two attached hydrogens (primary N) is 1. The van der Waals surface area contributed by atoms with Crippen molar-refractivity contribution >= 4 is 0 Å². The zero-order valence-electron chi connectivity index (χ0n) is 10.8. The molecular weight excluding hydrogens is 234 g/mol. The number of hydrogen-bond acceptors (Lipinski definition) is 5. The summed E-state index contributed by atoms with van der Waals surface area (Å²) in [6, 6.07) is 5.56. The molecule has 0 atom stereocenters. The highest BCUT2D eigenvalue weighted by molar-refractivity contribution is 5.44. The summed E-state index contributed by atoms with van der Waals surface area (Å²) < 4.78 is 21.9. The lowest BCUT2D eigenvalue weighted by Crippen LogP contribution is -2.44. The first-order valence-electron chi connectivity index (χ1n) is 5.96. The predicted molar refractivity (Wildman–Crippen MR) is 66.8 cm³/mol. The van der Waals surface area contributed by atoms with Crippen LogP contribution < -0.4 is 15.2 Å². The second-order valence-corrected chi connectivity index (χ2v) is 4.08. The van der Waals surface area contributed by atoms with Gasteiger partial charge in [0.1, 0.15) is 0 Å². The number of ether oxygens (including phenoxy) is 4. The molecule has 0 radical (unpaired) electrons. The van der Waals surface area contributed by atoms with Gasteiger partial charge in [0.25, 0.3) is 0 Å². The summed E-state index contributed by atoms with van der Waals surface area (Å²) in [5.74, 6) is 0.447. The minimum absolute atomic E-state index is 0.266. The molecule has 1 saturated heterocycles. The van der Waals surface area contributed by atoms with Gasteiger partial charge < -0.3 is 24.7 Å². The van der Waals surface area contributed by atoms with E-state index in [4.69, 9.17) is 24.7 Å². The molecule has 2 N–H and O–H groups in total. The molecule has 5 nitrogen and oxygen atoms in total. The standard InChI is InChI=1S/C13H19NO4/c1-15-11-5-4-10(8-12(11)16-2)13(9-14)17-6-3-7-18-13/h4-5,8H,3,6-7,9,14H2,1-2H3. The average Bonchev–Trinajstić information content (AvgIpc) is 2.47. The third kappa shape index (κ3) is 2.29. The normalized spacial score (nSPS) is 18.4. The van der Waals surface area contributed by atoms with Crippen molar-refractivity contribution < 1.29 is 18.9 Å². The van der Waals surface area contributed by atoms with E-state index in [0.717, 1.165) is 12.0 Å². The molecule has 0 spiro atoms. The van der Waals surface area contributed by atoms with Crippen molar-refractivity contribution in [2.75, 3.05) is 34.0 Å². The Balaban J connectivity index is 2.36. The maximum absolute atomic E-state index is 5.81. The third-order valence-corrected chi connectivity index (χ3v) is 3.05. The van der Waals surface area contributed by atoms with Crippen LogP contribution in [0.1, 0.15) is 12.0 Å². The quantitative estimate of drug-likeness (QED) is 0.875. The van der Waals surface area contributed by atoms with E-state index < -0.39 is 5.79 Å². The molecule has 100 valence electrons. The SMILES string of the molecule is COc1ccc(C2(CN)OCCCO2)cc1OC. The first kappa shape index (κ1) is 13.1. The fourth-order valence-corrected chi connectivity index (χ4v) is 2.05. The molecule has 1 heterocycles. The van der Waals surface area contributed by atoms with Gasteiger partial charge in [-0.25, -0.2) is 0 Å². The molecule has 0 saturated carbocycles. The van der Waals surface area contributed by atoms with E-state index in [9.17, 15) is 0 Å². The van der Waals surface area contributed by atoms with Crippen LogP contribution in [-0.4, -0.2) is 34.0 Å². The Bertz CT molecular complexity index is 402. The highest BCUT2D eigenvalue weighted by atomic mass is 16.7. The molecular formula is C13H19NO4. The van der Waals surface area contributed by atoms with Crippen LogP contribution in [0, 0.1) is 0 Å². The molecule has 1 aliphatic heterocycles. The molecule has 0 amide bonds.